The molecule has 246 valence electrons. The average molecular weight is 604 g/mol. The molecular weight excluding hydrogens is 542 g/mol. The molecule has 1 N–H and O–H groups in total. The lowest BCUT2D eigenvalue weighted by Crippen LogP contribution is -2.42. The molecule has 0 spiro atoms. The third-order valence-electron chi connectivity index (χ3n) is 8.67. The van der Waals surface area contributed by atoms with Crippen molar-refractivity contribution in [2.75, 3.05) is 6.54 Å². The van der Waals surface area contributed by atoms with Crippen molar-refractivity contribution in [1.82, 2.24) is 24.0 Å². The highest BCUT2D eigenvalue weighted by Gasteiger charge is 2.23. The Balaban J connectivity index is 1.65. The molecule has 9 nitrogen and oxygen atoms in total. The van der Waals surface area contributed by atoms with Crippen LogP contribution in [0.5, 0.6) is 0 Å². The second-order valence-corrected chi connectivity index (χ2v) is 12.4. The highest BCUT2D eigenvalue weighted by atomic mass is 16.5. The van der Waals surface area contributed by atoms with Gasteiger partial charge < -0.3 is 14.6 Å². The molecule has 0 radical (unpaired) electrons. The van der Waals surface area contributed by atoms with Gasteiger partial charge in [-0.05, 0) is 32.2 Å². The summed E-state index contributed by atoms with van der Waals surface area (Å²) in [5, 5.41) is 3.60. The van der Waals surface area contributed by atoms with E-state index >= 15 is 0 Å². The van der Waals surface area contributed by atoms with Crippen LogP contribution in [0.3, 0.4) is 0 Å². The van der Waals surface area contributed by atoms with Crippen LogP contribution in [-0.4, -0.2) is 43.3 Å². The maximum Gasteiger partial charge on any atom is 0.332 e. The smallest absolute Gasteiger partial charge is 0.332 e. The molecule has 0 amide bonds. The number of hydrogen-bond acceptors (Lipinski definition) is 6. The second-order valence-electron chi connectivity index (χ2n) is 12.4. The lowest BCUT2D eigenvalue weighted by Gasteiger charge is -2.27. The van der Waals surface area contributed by atoms with E-state index in [0.29, 0.717) is 17.7 Å². The van der Waals surface area contributed by atoms with Gasteiger partial charge in [-0.15, -0.1) is 0 Å². The fourth-order valence-electron chi connectivity index (χ4n) is 6.18. The summed E-state index contributed by atoms with van der Waals surface area (Å²) in [6.07, 6.45) is 24.0. The van der Waals surface area contributed by atoms with Crippen LogP contribution < -0.4 is 16.6 Å². The number of carbonyl (C=O) groups is 1. The van der Waals surface area contributed by atoms with Gasteiger partial charge in [0.05, 0.1) is 6.33 Å². The largest absolute Gasteiger partial charge is 0.461 e. The lowest BCUT2D eigenvalue weighted by molar-refractivity contribution is -0.148. The first-order chi connectivity index (χ1) is 20.8. The van der Waals surface area contributed by atoms with Crippen LogP contribution in [0, 0.1) is 0 Å². The number of likely N-dealkylation sites (N-methyl/N-ethyl adjacent to an activating group) is 1. The molecule has 0 aromatic carbocycles. The molecule has 2 aromatic heterocycles. The molecule has 2 rings (SSSR count). The van der Waals surface area contributed by atoms with Gasteiger partial charge >= 0.3 is 11.7 Å². The molecule has 0 saturated heterocycles. The van der Waals surface area contributed by atoms with Crippen LogP contribution >= 0.6 is 0 Å². The number of aryl methyl sites for hydroxylation is 2. The van der Waals surface area contributed by atoms with Crippen LogP contribution in [0.25, 0.3) is 11.2 Å². The van der Waals surface area contributed by atoms with Gasteiger partial charge in [-0.3, -0.25) is 18.7 Å². The molecule has 2 atom stereocenters. The zero-order valence-corrected chi connectivity index (χ0v) is 28.0. The van der Waals surface area contributed by atoms with Gasteiger partial charge in [0.2, 0.25) is 0 Å². The monoisotopic (exact) mass is 603 g/mol. The predicted octanol–water partition coefficient (Wildman–Crippen LogP) is 6.78. The number of imidazole rings is 1. The summed E-state index contributed by atoms with van der Waals surface area (Å²) in [5.74, 6) is -0.188. The highest BCUT2D eigenvalue weighted by Crippen LogP contribution is 2.19. The normalized spacial score (nSPS) is 13.0. The second kappa shape index (κ2) is 21.3. The number of nitrogens with one attached hydrogen (secondary N) is 1. The first-order valence-corrected chi connectivity index (χ1v) is 17.3. The molecule has 2 heterocycles. The first-order valence-electron chi connectivity index (χ1n) is 17.3. The standard InChI is InChI=1S/C34H61N5O4/c1-6-8-9-10-11-12-13-15-18-21-24-29(35-7-2)30(43-28(3)40)25-22-19-16-14-17-20-23-26-39-33(41)31-32(36-27-37(31)4)38(5)34(39)42/h27,29-30,35H,6-26H2,1-5H3. The molecular formula is C34H61N5O4. The van der Waals surface area contributed by atoms with Crippen molar-refractivity contribution in [2.45, 2.75) is 161 Å². The van der Waals surface area contributed by atoms with E-state index < -0.39 is 0 Å². The maximum absolute atomic E-state index is 12.8. The number of ether oxygens (including phenoxy) is 1. The van der Waals surface area contributed by atoms with E-state index in [2.05, 4.69) is 24.1 Å². The minimum Gasteiger partial charge on any atom is -0.461 e. The number of hydrogen-bond donors (Lipinski definition) is 1. The van der Waals surface area contributed by atoms with E-state index in [1.807, 2.05) is 0 Å². The minimum absolute atomic E-state index is 0.0614. The van der Waals surface area contributed by atoms with Gasteiger partial charge in [0.25, 0.3) is 5.56 Å². The van der Waals surface area contributed by atoms with Crippen LogP contribution in [0.1, 0.15) is 143 Å². The fraction of sp³-hybridized carbons (Fsp3) is 0.824. The Labute approximate surface area is 259 Å². The quantitative estimate of drug-likeness (QED) is 0.0993. The Kier molecular flexibility index (Phi) is 18.2. The van der Waals surface area contributed by atoms with E-state index in [1.165, 1.54) is 80.3 Å². The number of fused-ring (bicyclic) bond motifs is 1. The van der Waals surface area contributed by atoms with Crippen LogP contribution in [-0.2, 0) is 30.2 Å². The van der Waals surface area contributed by atoms with Crippen molar-refractivity contribution >= 4 is 17.1 Å². The summed E-state index contributed by atoms with van der Waals surface area (Å²) in [5.41, 5.74) is 0.335. The number of unbranched alkanes of at least 4 members (excludes halogenated alkanes) is 15. The Morgan fingerprint density at radius 3 is 1.91 bits per heavy atom. The van der Waals surface area contributed by atoms with Gasteiger partial charge in [-0.25, -0.2) is 9.78 Å². The van der Waals surface area contributed by atoms with E-state index in [-0.39, 0.29) is 29.4 Å². The van der Waals surface area contributed by atoms with Crippen molar-refractivity contribution in [3.05, 3.63) is 27.2 Å². The topological polar surface area (TPSA) is 100 Å². The summed E-state index contributed by atoms with van der Waals surface area (Å²) in [7, 11) is 3.44. The van der Waals surface area contributed by atoms with Gasteiger partial charge in [0.1, 0.15) is 6.10 Å². The summed E-state index contributed by atoms with van der Waals surface area (Å²) in [4.78, 5) is 41.5. The number of rotatable bonds is 25. The molecule has 43 heavy (non-hydrogen) atoms. The molecule has 0 aliphatic heterocycles. The third-order valence-corrected chi connectivity index (χ3v) is 8.67. The van der Waals surface area contributed by atoms with E-state index in [1.54, 1.807) is 25.0 Å². The van der Waals surface area contributed by atoms with Crippen LogP contribution in [0.4, 0.5) is 0 Å². The number of esters is 1. The van der Waals surface area contributed by atoms with Crippen LogP contribution in [0.15, 0.2) is 15.9 Å². The molecule has 0 aliphatic carbocycles. The molecule has 2 aromatic rings. The Hall–Kier alpha value is -2.42. The first kappa shape index (κ1) is 36.8. The Morgan fingerprint density at radius 2 is 1.35 bits per heavy atom. The molecule has 2 unspecified atom stereocenters. The molecule has 0 saturated carbocycles. The lowest BCUT2D eigenvalue weighted by atomic mass is 9.97. The SMILES string of the molecule is CCCCCCCCCCCCC(NCC)C(CCCCCCCCCn1c(=O)c2c(ncn2C)n(C)c1=O)OC(C)=O. The number of aromatic nitrogens is 4. The summed E-state index contributed by atoms with van der Waals surface area (Å²) >= 11 is 0. The van der Waals surface area contributed by atoms with Crippen molar-refractivity contribution in [2.24, 2.45) is 14.1 Å². The van der Waals surface area contributed by atoms with Gasteiger partial charge in [0.15, 0.2) is 11.2 Å². The molecule has 0 fully saturated rings. The van der Waals surface area contributed by atoms with Crippen molar-refractivity contribution in [3.63, 3.8) is 0 Å². The number of nitrogens with zero attached hydrogens (tertiary/aromatic N) is 4. The van der Waals surface area contributed by atoms with E-state index in [0.717, 1.165) is 64.3 Å². The van der Waals surface area contributed by atoms with Crippen molar-refractivity contribution in [3.8, 4) is 0 Å². The van der Waals surface area contributed by atoms with Crippen LogP contribution in [0.2, 0.25) is 0 Å². The Bertz CT molecular complexity index is 1170. The average Bonchev–Trinajstić information content (AvgIpc) is 3.37. The van der Waals surface area contributed by atoms with Gasteiger partial charge in [-0.2, -0.15) is 0 Å². The molecule has 9 heteroatoms. The molecule has 0 aliphatic rings. The van der Waals surface area contributed by atoms with Gasteiger partial charge in [-0.1, -0.05) is 110 Å². The number of carbonyl (C=O) groups excluding carboxylic acids is 1. The zero-order valence-electron chi connectivity index (χ0n) is 28.0. The summed E-state index contributed by atoms with van der Waals surface area (Å²) in [6.45, 7) is 7.23. The van der Waals surface area contributed by atoms with E-state index in [4.69, 9.17) is 4.74 Å². The highest BCUT2D eigenvalue weighted by molar-refractivity contribution is 5.69. The minimum atomic E-state index is -0.303. The summed E-state index contributed by atoms with van der Waals surface area (Å²) < 4.78 is 10.3. The maximum atomic E-state index is 12.8. The van der Waals surface area contributed by atoms with Crippen molar-refractivity contribution in [1.29, 1.82) is 0 Å². The third kappa shape index (κ3) is 13.0. The van der Waals surface area contributed by atoms with Gasteiger partial charge in [0, 0.05) is 33.6 Å². The van der Waals surface area contributed by atoms with E-state index in [9.17, 15) is 14.4 Å². The Morgan fingerprint density at radius 1 is 0.814 bits per heavy atom. The zero-order chi connectivity index (χ0) is 31.5. The summed E-state index contributed by atoms with van der Waals surface area (Å²) in [6, 6.07) is 0.227. The fourth-order valence-corrected chi connectivity index (χ4v) is 6.18. The molecule has 0 bridgehead atoms. The van der Waals surface area contributed by atoms with Crippen molar-refractivity contribution < 1.29 is 9.53 Å². The predicted molar refractivity (Wildman–Crippen MR) is 177 cm³/mol.